The highest BCUT2D eigenvalue weighted by atomic mass is 16.1. The van der Waals surface area contributed by atoms with Gasteiger partial charge in [0.2, 0.25) is 5.91 Å². The Morgan fingerprint density at radius 3 is 2.82 bits per heavy atom. The van der Waals surface area contributed by atoms with Crippen molar-refractivity contribution < 1.29 is 4.79 Å². The van der Waals surface area contributed by atoms with E-state index in [0.29, 0.717) is 6.54 Å². The van der Waals surface area contributed by atoms with Crippen molar-refractivity contribution in [3.05, 3.63) is 23.9 Å². The smallest absolute Gasteiger partial charge is 0.236 e. The number of anilines is 1. The first-order valence-corrected chi connectivity index (χ1v) is 5.86. The molecule has 0 fully saturated rings. The fraction of sp³-hybridized carbons (Fsp3) is 0.500. The van der Waals surface area contributed by atoms with Crippen LogP contribution in [0.25, 0.3) is 0 Å². The molecule has 0 aliphatic heterocycles. The van der Waals surface area contributed by atoms with Gasteiger partial charge in [0.25, 0.3) is 0 Å². The minimum atomic E-state index is -0.346. The topological polar surface area (TPSA) is 85.2 Å². The number of nitrogens with zero attached hydrogens (tertiary/aromatic N) is 2. The van der Waals surface area contributed by atoms with E-state index < -0.39 is 0 Å². The Bertz CT molecular complexity index is 367. The number of carbonyl (C=O) groups excluding carboxylic acids is 1. The Hall–Kier alpha value is -1.62. The van der Waals surface area contributed by atoms with Gasteiger partial charge in [0.05, 0.1) is 12.2 Å². The summed E-state index contributed by atoms with van der Waals surface area (Å²) in [6.45, 7) is 3.47. The van der Waals surface area contributed by atoms with Gasteiger partial charge in [-0.05, 0) is 18.6 Å². The number of nitrogens with two attached hydrogens (primary N) is 2. The third-order valence-corrected chi connectivity index (χ3v) is 2.45. The zero-order chi connectivity index (χ0) is 12.7. The van der Waals surface area contributed by atoms with E-state index in [1.165, 1.54) is 0 Å². The van der Waals surface area contributed by atoms with Gasteiger partial charge in [-0.25, -0.2) is 4.98 Å². The third kappa shape index (κ3) is 4.40. The van der Waals surface area contributed by atoms with Crippen LogP contribution in [0.1, 0.15) is 25.5 Å². The first kappa shape index (κ1) is 13.4. The maximum atomic E-state index is 11.0. The SMILES string of the molecule is CCCCN(CC(N)=O)c1cccc(CN)n1. The normalized spacial score (nSPS) is 10.2. The lowest BCUT2D eigenvalue weighted by molar-refractivity contribution is -0.116. The molecule has 5 heteroatoms. The molecule has 0 saturated heterocycles. The summed E-state index contributed by atoms with van der Waals surface area (Å²) in [5.41, 5.74) is 11.6. The van der Waals surface area contributed by atoms with Crippen LogP contribution >= 0.6 is 0 Å². The molecular weight excluding hydrogens is 216 g/mol. The van der Waals surface area contributed by atoms with Gasteiger partial charge in [-0.3, -0.25) is 4.79 Å². The minimum absolute atomic E-state index is 0.195. The predicted octanol–water partition coefficient (Wildman–Crippen LogP) is 0.632. The largest absolute Gasteiger partial charge is 0.368 e. The van der Waals surface area contributed by atoms with Crippen LogP contribution in [0.3, 0.4) is 0 Å². The van der Waals surface area contributed by atoms with Crippen molar-refractivity contribution in [2.75, 3.05) is 18.0 Å². The Morgan fingerprint density at radius 2 is 2.24 bits per heavy atom. The zero-order valence-corrected chi connectivity index (χ0v) is 10.2. The predicted molar refractivity (Wildman–Crippen MR) is 68.4 cm³/mol. The number of primary amides is 1. The Labute approximate surface area is 102 Å². The van der Waals surface area contributed by atoms with E-state index in [1.54, 1.807) is 0 Å². The van der Waals surface area contributed by atoms with Crippen LogP contribution in [0.15, 0.2) is 18.2 Å². The summed E-state index contributed by atoms with van der Waals surface area (Å²) in [5.74, 6) is 0.418. The molecule has 0 aliphatic carbocycles. The number of rotatable bonds is 7. The monoisotopic (exact) mass is 236 g/mol. The Balaban J connectivity index is 2.82. The van der Waals surface area contributed by atoms with Gasteiger partial charge in [-0.2, -0.15) is 0 Å². The van der Waals surface area contributed by atoms with Crippen molar-refractivity contribution in [1.82, 2.24) is 4.98 Å². The first-order chi connectivity index (χ1) is 8.17. The summed E-state index contributed by atoms with van der Waals surface area (Å²) < 4.78 is 0. The van der Waals surface area contributed by atoms with Gasteiger partial charge in [0, 0.05) is 13.1 Å². The van der Waals surface area contributed by atoms with E-state index >= 15 is 0 Å². The highest BCUT2D eigenvalue weighted by Crippen LogP contribution is 2.12. The second-order valence-corrected chi connectivity index (χ2v) is 3.93. The van der Waals surface area contributed by atoms with Crippen LogP contribution in [-0.2, 0) is 11.3 Å². The zero-order valence-electron chi connectivity index (χ0n) is 10.2. The number of pyridine rings is 1. The molecule has 0 spiro atoms. The van der Waals surface area contributed by atoms with Crippen LogP contribution in [0.2, 0.25) is 0 Å². The van der Waals surface area contributed by atoms with Gasteiger partial charge >= 0.3 is 0 Å². The molecule has 0 unspecified atom stereocenters. The summed E-state index contributed by atoms with van der Waals surface area (Å²) in [5, 5.41) is 0. The molecule has 0 aliphatic rings. The molecule has 5 nitrogen and oxygen atoms in total. The highest BCUT2D eigenvalue weighted by molar-refractivity contribution is 5.79. The number of amides is 1. The Morgan fingerprint density at radius 1 is 1.47 bits per heavy atom. The maximum absolute atomic E-state index is 11.0. The van der Waals surface area contributed by atoms with Crippen molar-refractivity contribution in [3.63, 3.8) is 0 Å². The standard InChI is InChI=1S/C12H20N4O/c1-2-3-7-16(9-11(14)17)12-6-4-5-10(8-13)15-12/h4-6H,2-3,7-9,13H2,1H3,(H2,14,17). The van der Waals surface area contributed by atoms with Gasteiger partial charge < -0.3 is 16.4 Å². The minimum Gasteiger partial charge on any atom is -0.368 e. The third-order valence-electron chi connectivity index (χ3n) is 2.45. The van der Waals surface area contributed by atoms with E-state index in [-0.39, 0.29) is 12.5 Å². The van der Waals surface area contributed by atoms with Crippen molar-refractivity contribution in [3.8, 4) is 0 Å². The molecule has 0 radical (unpaired) electrons. The number of hydrogen-bond acceptors (Lipinski definition) is 4. The van der Waals surface area contributed by atoms with E-state index in [1.807, 2.05) is 23.1 Å². The molecule has 1 rings (SSSR count). The average Bonchev–Trinajstić information content (AvgIpc) is 2.34. The van der Waals surface area contributed by atoms with Crippen molar-refractivity contribution in [2.24, 2.45) is 11.5 Å². The Kier molecular flexibility index (Phi) is 5.42. The average molecular weight is 236 g/mol. The molecule has 4 N–H and O–H groups in total. The second kappa shape index (κ2) is 6.85. The van der Waals surface area contributed by atoms with Crippen LogP contribution in [-0.4, -0.2) is 24.0 Å². The van der Waals surface area contributed by atoms with E-state index in [0.717, 1.165) is 30.9 Å². The molecule has 1 aromatic rings. The van der Waals surface area contributed by atoms with Crippen LogP contribution in [0.5, 0.6) is 0 Å². The number of unbranched alkanes of at least 4 members (excludes halogenated alkanes) is 1. The molecule has 17 heavy (non-hydrogen) atoms. The molecule has 94 valence electrons. The van der Waals surface area contributed by atoms with Crippen LogP contribution < -0.4 is 16.4 Å². The second-order valence-electron chi connectivity index (χ2n) is 3.93. The quantitative estimate of drug-likeness (QED) is 0.727. The van der Waals surface area contributed by atoms with Crippen molar-refractivity contribution >= 4 is 11.7 Å². The van der Waals surface area contributed by atoms with Gasteiger partial charge in [0.15, 0.2) is 0 Å². The molecule has 0 bridgehead atoms. The van der Waals surface area contributed by atoms with Gasteiger partial charge in [-0.1, -0.05) is 19.4 Å². The molecule has 0 atom stereocenters. The lowest BCUT2D eigenvalue weighted by Gasteiger charge is -2.22. The highest BCUT2D eigenvalue weighted by Gasteiger charge is 2.10. The molecule has 1 amide bonds. The lowest BCUT2D eigenvalue weighted by Crippen LogP contribution is -2.35. The summed E-state index contributed by atoms with van der Waals surface area (Å²) >= 11 is 0. The van der Waals surface area contributed by atoms with E-state index in [9.17, 15) is 4.79 Å². The maximum Gasteiger partial charge on any atom is 0.236 e. The molecular formula is C12H20N4O. The molecule has 0 aromatic carbocycles. The number of aromatic nitrogens is 1. The van der Waals surface area contributed by atoms with Gasteiger partial charge in [0.1, 0.15) is 5.82 Å². The number of hydrogen-bond donors (Lipinski definition) is 2. The van der Waals surface area contributed by atoms with Crippen molar-refractivity contribution in [1.29, 1.82) is 0 Å². The van der Waals surface area contributed by atoms with Gasteiger partial charge in [-0.15, -0.1) is 0 Å². The number of carbonyl (C=O) groups is 1. The van der Waals surface area contributed by atoms with E-state index in [2.05, 4.69) is 11.9 Å². The molecule has 0 saturated carbocycles. The summed E-state index contributed by atoms with van der Waals surface area (Å²) in [4.78, 5) is 17.3. The molecule has 1 aromatic heterocycles. The fourth-order valence-electron chi connectivity index (χ4n) is 1.57. The van der Waals surface area contributed by atoms with Crippen molar-refractivity contribution in [2.45, 2.75) is 26.3 Å². The fourth-order valence-corrected chi connectivity index (χ4v) is 1.57. The van der Waals surface area contributed by atoms with E-state index in [4.69, 9.17) is 11.5 Å². The van der Waals surface area contributed by atoms with Crippen LogP contribution in [0.4, 0.5) is 5.82 Å². The summed E-state index contributed by atoms with van der Waals surface area (Å²) in [7, 11) is 0. The lowest BCUT2D eigenvalue weighted by atomic mass is 10.3. The summed E-state index contributed by atoms with van der Waals surface area (Å²) in [6, 6.07) is 5.63. The first-order valence-electron chi connectivity index (χ1n) is 5.86. The van der Waals surface area contributed by atoms with Crippen LogP contribution in [0, 0.1) is 0 Å². The summed E-state index contributed by atoms with van der Waals surface area (Å²) in [6.07, 6.45) is 2.06. The molecule has 1 heterocycles.